The van der Waals surface area contributed by atoms with Gasteiger partial charge < -0.3 is 11.1 Å². The molecule has 1 aliphatic carbocycles. The summed E-state index contributed by atoms with van der Waals surface area (Å²) in [5.41, 5.74) is 10.8. The molecule has 1 unspecified atom stereocenters. The number of halogens is 1. The number of nitrogens with zero attached hydrogens (tertiary/aromatic N) is 1. The van der Waals surface area contributed by atoms with Crippen LogP contribution in [0, 0.1) is 0 Å². The topological polar surface area (TPSA) is 67.5 Å². The summed E-state index contributed by atoms with van der Waals surface area (Å²) >= 11 is 0. The fourth-order valence-electron chi connectivity index (χ4n) is 2.94. The lowest BCUT2D eigenvalue weighted by atomic mass is 10.1. The van der Waals surface area contributed by atoms with Crippen LogP contribution >= 0.6 is 24.0 Å². The zero-order chi connectivity index (χ0) is 16.8. The Morgan fingerprint density at radius 1 is 1.12 bits per heavy atom. The maximum absolute atomic E-state index is 12.1. The van der Waals surface area contributed by atoms with Gasteiger partial charge in [-0.25, -0.2) is 0 Å². The molecule has 0 aliphatic heterocycles. The lowest BCUT2D eigenvalue weighted by Gasteiger charge is -2.08. The van der Waals surface area contributed by atoms with Crippen LogP contribution in [-0.2, 0) is 29.4 Å². The summed E-state index contributed by atoms with van der Waals surface area (Å²) in [5.74, 6) is 1.46. The molecule has 4 nitrogen and oxygen atoms in total. The minimum atomic E-state index is -0.924. The van der Waals surface area contributed by atoms with Crippen molar-refractivity contribution in [2.75, 3.05) is 17.6 Å². The number of benzene rings is 2. The molecule has 0 spiro atoms. The molecular weight excluding hydrogens is 445 g/mol. The molecule has 1 atom stereocenters. The number of hydrogen-bond acceptors (Lipinski definition) is 2. The minimum Gasteiger partial charge on any atom is -0.370 e. The second-order valence-electron chi connectivity index (χ2n) is 6.00. The molecule has 2 aromatic rings. The number of aryl methyl sites for hydroxylation is 2. The summed E-state index contributed by atoms with van der Waals surface area (Å²) in [6, 6.07) is 16.2. The van der Waals surface area contributed by atoms with Crippen molar-refractivity contribution in [3.05, 3.63) is 65.2 Å². The highest BCUT2D eigenvalue weighted by Crippen LogP contribution is 2.24. The number of fused-ring (bicyclic) bond motifs is 1. The predicted molar refractivity (Wildman–Crippen MR) is 117 cm³/mol. The van der Waals surface area contributed by atoms with E-state index in [1.165, 1.54) is 24.0 Å². The van der Waals surface area contributed by atoms with Crippen LogP contribution in [-0.4, -0.2) is 22.5 Å². The van der Waals surface area contributed by atoms with Crippen LogP contribution in [0.4, 0.5) is 5.69 Å². The van der Waals surface area contributed by atoms with Gasteiger partial charge in [-0.05, 0) is 48.1 Å². The van der Waals surface area contributed by atoms with Crippen LogP contribution in [0.2, 0.25) is 0 Å². The Balaban J connectivity index is 0.00000225. The highest BCUT2D eigenvalue weighted by Gasteiger charge is 2.10. The summed E-state index contributed by atoms with van der Waals surface area (Å²) in [6.45, 7) is 0.462. The first-order chi connectivity index (χ1) is 11.7. The summed E-state index contributed by atoms with van der Waals surface area (Å²) in [5, 5.41) is 3.12. The van der Waals surface area contributed by atoms with E-state index in [4.69, 9.17) is 5.73 Å². The molecule has 2 aromatic carbocycles. The summed E-state index contributed by atoms with van der Waals surface area (Å²) < 4.78 is 12.1. The van der Waals surface area contributed by atoms with E-state index in [1.807, 2.05) is 36.4 Å². The second kappa shape index (κ2) is 9.91. The van der Waals surface area contributed by atoms with Gasteiger partial charge in [0.2, 0.25) is 0 Å². The number of aliphatic imine (C=N–C) groups is 1. The maximum Gasteiger partial charge on any atom is 0.193 e. The standard InChI is InChI=1S/C19H23N3OS.HI/c20-19(22-18-10-9-16-7-4-8-17(16)13-18)21-11-12-24(23)14-15-5-2-1-3-6-15;/h1-3,5-6,9-10,13H,4,7-8,11-12,14H2,(H3,20,21,22);1H. The van der Waals surface area contributed by atoms with Gasteiger partial charge in [0.15, 0.2) is 5.96 Å². The summed E-state index contributed by atoms with van der Waals surface area (Å²) in [4.78, 5) is 4.28. The van der Waals surface area contributed by atoms with Gasteiger partial charge in [0, 0.05) is 28.0 Å². The highest BCUT2D eigenvalue weighted by molar-refractivity contribution is 14.0. The maximum atomic E-state index is 12.1. The molecule has 3 rings (SSSR count). The SMILES string of the molecule is I.NC(=NCCS(=O)Cc1ccccc1)Nc1ccc2c(c1)CCC2. The molecule has 0 saturated heterocycles. The molecule has 0 radical (unpaired) electrons. The quantitative estimate of drug-likeness (QED) is 0.387. The Morgan fingerprint density at radius 2 is 1.88 bits per heavy atom. The predicted octanol–water partition coefficient (Wildman–Crippen LogP) is 3.47. The molecule has 0 fully saturated rings. The molecule has 0 amide bonds. The van der Waals surface area contributed by atoms with Crippen molar-refractivity contribution < 1.29 is 4.21 Å². The number of nitrogens with two attached hydrogens (primary N) is 1. The van der Waals surface area contributed by atoms with Gasteiger partial charge in [-0.1, -0.05) is 36.4 Å². The molecule has 0 bridgehead atoms. The molecule has 6 heteroatoms. The molecule has 1 aliphatic rings. The third kappa shape index (κ3) is 6.11. The van der Waals surface area contributed by atoms with Gasteiger partial charge in [0.25, 0.3) is 0 Å². The Labute approximate surface area is 168 Å². The van der Waals surface area contributed by atoms with Gasteiger partial charge >= 0.3 is 0 Å². The lowest BCUT2D eigenvalue weighted by molar-refractivity contribution is 0.682. The lowest BCUT2D eigenvalue weighted by Crippen LogP contribution is -2.23. The zero-order valence-electron chi connectivity index (χ0n) is 14.1. The number of rotatable bonds is 6. The Bertz CT molecular complexity index is 750. The third-order valence-electron chi connectivity index (χ3n) is 4.14. The van der Waals surface area contributed by atoms with Crippen LogP contribution in [0.15, 0.2) is 53.5 Å². The average Bonchev–Trinajstić information content (AvgIpc) is 3.03. The molecule has 25 heavy (non-hydrogen) atoms. The average molecular weight is 469 g/mol. The molecular formula is C19H24IN3OS. The van der Waals surface area contributed by atoms with E-state index < -0.39 is 10.8 Å². The second-order valence-corrected chi connectivity index (χ2v) is 7.58. The van der Waals surface area contributed by atoms with Gasteiger partial charge in [0.1, 0.15) is 0 Å². The Hall–Kier alpha value is -1.41. The van der Waals surface area contributed by atoms with Crippen molar-refractivity contribution >= 4 is 46.4 Å². The molecule has 134 valence electrons. The van der Waals surface area contributed by atoms with Crippen molar-refractivity contribution in [1.82, 2.24) is 0 Å². The normalized spacial score (nSPS) is 14.5. The smallest absolute Gasteiger partial charge is 0.193 e. The van der Waals surface area contributed by atoms with Crippen LogP contribution in [0.1, 0.15) is 23.1 Å². The van der Waals surface area contributed by atoms with E-state index in [2.05, 4.69) is 22.4 Å². The first-order valence-corrected chi connectivity index (χ1v) is 9.77. The fraction of sp³-hybridized carbons (Fsp3) is 0.316. The number of guanidine groups is 1. The van der Waals surface area contributed by atoms with E-state index in [9.17, 15) is 4.21 Å². The summed E-state index contributed by atoms with van der Waals surface area (Å²) in [7, 11) is -0.924. The first kappa shape index (κ1) is 19.9. The minimum absolute atomic E-state index is 0. The number of hydrogen-bond donors (Lipinski definition) is 2. The monoisotopic (exact) mass is 469 g/mol. The summed E-state index contributed by atoms with van der Waals surface area (Å²) in [6.07, 6.45) is 3.54. The van der Waals surface area contributed by atoms with Crippen molar-refractivity contribution in [1.29, 1.82) is 0 Å². The van der Waals surface area contributed by atoms with E-state index in [0.717, 1.165) is 17.7 Å². The van der Waals surface area contributed by atoms with Crippen LogP contribution < -0.4 is 11.1 Å². The highest BCUT2D eigenvalue weighted by atomic mass is 127. The third-order valence-corrected chi connectivity index (χ3v) is 5.44. The van der Waals surface area contributed by atoms with Gasteiger partial charge in [-0.15, -0.1) is 24.0 Å². The van der Waals surface area contributed by atoms with Crippen LogP contribution in [0.5, 0.6) is 0 Å². The number of nitrogens with one attached hydrogen (secondary N) is 1. The molecule has 0 heterocycles. The van der Waals surface area contributed by atoms with Crippen molar-refractivity contribution in [3.63, 3.8) is 0 Å². The van der Waals surface area contributed by atoms with Gasteiger partial charge in [-0.3, -0.25) is 9.20 Å². The van der Waals surface area contributed by atoms with E-state index in [1.54, 1.807) is 0 Å². The Kier molecular flexibility index (Phi) is 7.90. The van der Waals surface area contributed by atoms with E-state index in [-0.39, 0.29) is 24.0 Å². The van der Waals surface area contributed by atoms with Crippen LogP contribution in [0.3, 0.4) is 0 Å². The van der Waals surface area contributed by atoms with Gasteiger partial charge in [-0.2, -0.15) is 0 Å². The number of anilines is 1. The molecule has 3 N–H and O–H groups in total. The van der Waals surface area contributed by atoms with Crippen molar-refractivity contribution in [3.8, 4) is 0 Å². The van der Waals surface area contributed by atoms with Crippen LogP contribution in [0.25, 0.3) is 0 Å². The fourth-order valence-corrected chi connectivity index (χ4v) is 3.94. The first-order valence-electron chi connectivity index (χ1n) is 8.28. The van der Waals surface area contributed by atoms with E-state index in [0.29, 0.717) is 24.0 Å². The molecule has 0 saturated carbocycles. The zero-order valence-corrected chi connectivity index (χ0v) is 17.3. The van der Waals surface area contributed by atoms with Crippen molar-refractivity contribution in [2.24, 2.45) is 10.7 Å². The Morgan fingerprint density at radius 3 is 2.68 bits per heavy atom. The van der Waals surface area contributed by atoms with E-state index >= 15 is 0 Å². The van der Waals surface area contributed by atoms with Gasteiger partial charge in [0.05, 0.1) is 6.54 Å². The van der Waals surface area contributed by atoms with Crippen molar-refractivity contribution in [2.45, 2.75) is 25.0 Å². The molecule has 0 aromatic heterocycles. The largest absolute Gasteiger partial charge is 0.370 e.